The minimum Gasteiger partial charge on any atom is -0.383 e. The van der Waals surface area contributed by atoms with Crippen molar-refractivity contribution in [1.29, 1.82) is 0 Å². The Labute approximate surface area is 131 Å². The molecule has 1 heterocycles. The molecule has 0 saturated heterocycles. The molecular weight excluding hydrogens is 338 g/mol. The van der Waals surface area contributed by atoms with Gasteiger partial charge in [-0.25, -0.2) is 9.97 Å². The van der Waals surface area contributed by atoms with Crippen molar-refractivity contribution in [3.8, 4) is 0 Å². The van der Waals surface area contributed by atoms with Crippen LogP contribution in [0.2, 0.25) is 0 Å². The van der Waals surface area contributed by atoms with Crippen LogP contribution in [0.15, 0.2) is 51.2 Å². The predicted octanol–water partition coefficient (Wildman–Crippen LogP) is 3.13. The van der Waals surface area contributed by atoms with E-state index in [2.05, 4.69) is 49.4 Å². The highest BCUT2D eigenvalue weighted by Crippen LogP contribution is 2.32. The van der Waals surface area contributed by atoms with Gasteiger partial charge in [0.25, 0.3) is 0 Å². The molecular formula is C14H16BrN3OS. The van der Waals surface area contributed by atoms with Gasteiger partial charge < -0.3 is 10.1 Å². The lowest BCUT2D eigenvalue weighted by atomic mass is 10.2. The molecule has 0 saturated carbocycles. The van der Waals surface area contributed by atoms with Gasteiger partial charge in [0.05, 0.1) is 6.61 Å². The number of benzene rings is 1. The fourth-order valence-electron chi connectivity index (χ4n) is 1.60. The van der Waals surface area contributed by atoms with Crippen molar-refractivity contribution in [2.24, 2.45) is 0 Å². The van der Waals surface area contributed by atoms with E-state index in [1.54, 1.807) is 31.4 Å². The van der Waals surface area contributed by atoms with Crippen LogP contribution in [0, 0.1) is 0 Å². The zero-order valence-corrected chi connectivity index (χ0v) is 13.6. The maximum atomic E-state index is 5.00. The number of halogens is 1. The van der Waals surface area contributed by atoms with E-state index in [9.17, 15) is 0 Å². The first-order chi connectivity index (χ1) is 9.79. The molecule has 0 bridgehead atoms. The summed E-state index contributed by atoms with van der Waals surface area (Å²) in [6.07, 6.45) is 3.31. The van der Waals surface area contributed by atoms with Crippen LogP contribution >= 0.6 is 27.7 Å². The molecule has 20 heavy (non-hydrogen) atoms. The van der Waals surface area contributed by atoms with E-state index < -0.39 is 0 Å². The Balaban J connectivity index is 1.95. The molecule has 106 valence electrons. The molecule has 0 fully saturated rings. The van der Waals surface area contributed by atoms with Gasteiger partial charge in [-0.1, -0.05) is 17.8 Å². The third-order valence-corrected chi connectivity index (χ3v) is 4.52. The number of nitrogens with zero attached hydrogens (tertiary/aromatic N) is 2. The molecule has 0 atom stereocenters. The molecule has 0 aliphatic heterocycles. The summed E-state index contributed by atoms with van der Waals surface area (Å²) in [5.74, 6) is 0. The van der Waals surface area contributed by atoms with Crippen LogP contribution in [0.1, 0.15) is 5.56 Å². The van der Waals surface area contributed by atoms with Gasteiger partial charge in [-0.15, -0.1) is 0 Å². The minimum absolute atomic E-state index is 0.725. The Hall–Kier alpha value is -0.950. The average molecular weight is 354 g/mol. The Morgan fingerprint density at radius 3 is 2.95 bits per heavy atom. The molecule has 0 aliphatic rings. The highest BCUT2D eigenvalue weighted by molar-refractivity contribution is 9.10. The normalized spacial score (nSPS) is 10.7. The third-order valence-electron chi connectivity index (χ3n) is 2.58. The van der Waals surface area contributed by atoms with Crippen molar-refractivity contribution < 1.29 is 4.74 Å². The zero-order chi connectivity index (χ0) is 14.2. The quantitative estimate of drug-likeness (QED) is 0.612. The summed E-state index contributed by atoms with van der Waals surface area (Å²) in [4.78, 5) is 9.27. The van der Waals surface area contributed by atoms with Crippen molar-refractivity contribution in [2.45, 2.75) is 16.5 Å². The Bertz CT molecular complexity index is 539. The molecule has 1 N–H and O–H groups in total. The molecule has 0 aliphatic carbocycles. The Morgan fingerprint density at radius 2 is 2.25 bits per heavy atom. The summed E-state index contributed by atoms with van der Waals surface area (Å²) in [5, 5.41) is 4.26. The summed E-state index contributed by atoms with van der Waals surface area (Å²) in [6.45, 7) is 2.41. The predicted molar refractivity (Wildman–Crippen MR) is 83.9 cm³/mol. The molecule has 4 nitrogen and oxygen atoms in total. The molecule has 0 unspecified atom stereocenters. The van der Waals surface area contributed by atoms with Crippen LogP contribution in [-0.4, -0.2) is 30.2 Å². The van der Waals surface area contributed by atoms with Gasteiger partial charge in [0.2, 0.25) is 0 Å². The van der Waals surface area contributed by atoms with E-state index in [0.29, 0.717) is 0 Å². The average Bonchev–Trinajstić information content (AvgIpc) is 2.47. The van der Waals surface area contributed by atoms with Crippen LogP contribution in [0.4, 0.5) is 0 Å². The number of nitrogens with one attached hydrogen (secondary N) is 1. The monoisotopic (exact) mass is 353 g/mol. The van der Waals surface area contributed by atoms with E-state index >= 15 is 0 Å². The van der Waals surface area contributed by atoms with Crippen LogP contribution in [0.25, 0.3) is 0 Å². The molecule has 2 aromatic rings. The van der Waals surface area contributed by atoms with E-state index in [4.69, 9.17) is 4.74 Å². The van der Waals surface area contributed by atoms with Gasteiger partial charge in [0.1, 0.15) is 11.4 Å². The van der Waals surface area contributed by atoms with Crippen LogP contribution in [0.3, 0.4) is 0 Å². The first-order valence-corrected chi connectivity index (χ1v) is 7.82. The molecule has 0 radical (unpaired) electrons. The van der Waals surface area contributed by atoms with E-state index in [1.165, 1.54) is 5.56 Å². The summed E-state index contributed by atoms with van der Waals surface area (Å²) < 4.78 is 6.08. The Kier molecular flexibility index (Phi) is 6.46. The second-order valence-corrected chi connectivity index (χ2v) is 6.00. The number of rotatable bonds is 7. The SMILES string of the molecule is COCCNCc1ccc(Sc2ccncn2)c(Br)c1. The van der Waals surface area contributed by atoms with Gasteiger partial charge in [0.15, 0.2) is 0 Å². The van der Waals surface area contributed by atoms with Crippen molar-refractivity contribution in [1.82, 2.24) is 15.3 Å². The van der Waals surface area contributed by atoms with Crippen LogP contribution in [-0.2, 0) is 11.3 Å². The van der Waals surface area contributed by atoms with E-state index in [0.717, 1.165) is 34.1 Å². The summed E-state index contributed by atoms with van der Waals surface area (Å²) in [5.41, 5.74) is 1.24. The fourth-order valence-corrected chi connectivity index (χ4v) is 3.01. The molecule has 2 rings (SSSR count). The van der Waals surface area contributed by atoms with Crippen molar-refractivity contribution in [3.63, 3.8) is 0 Å². The second kappa shape index (κ2) is 8.36. The summed E-state index contributed by atoms with van der Waals surface area (Å²) in [6, 6.07) is 8.25. The largest absolute Gasteiger partial charge is 0.383 e. The molecule has 1 aromatic carbocycles. The first-order valence-electron chi connectivity index (χ1n) is 6.21. The molecule has 1 aromatic heterocycles. The number of hydrogen-bond donors (Lipinski definition) is 1. The maximum absolute atomic E-state index is 5.00. The lowest BCUT2D eigenvalue weighted by Crippen LogP contribution is -2.18. The molecule has 0 spiro atoms. The lowest BCUT2D eigenvalue weighted by molar-refractivity contribution is 0.199. The van der Waals surface area contributed by atoms with Gasteiger partial charge in [-0.2, -0.15) is 0 Å². The number of hydrogen-bond acceptors (Lipinski definition) is 5. The van der Waals surface area contributed by atoms with Crippen molar-refractivity contribution in [2.75, 3.05) is 20.3 Å². The minimum atomic E-state index is 0.725. The standard InChI is InChI=1S/C14H16BrN3OS/c1-19-7-6-16-9-11-2-3-13(12(15)8-11)20-14-4-5-17-10-18-14/h2-5,8,10,16H,6-7,9H2,1H3. The third kappa shape index (κ3) is 4.86. The highest BCUT2D eigenvalue weighted by atomic mass is 79.9. The summed E-state index contributed by atoms with van der Waals surface area (Å²) >= 11 is 5.23. The zero-order valence-electron chi connectivity index (χ0n) is 11.2. The first kappa shape index (κ1) is 15.4. The van der Waals surface area contributed by atoms with Gasteiger partial charge in [0, 0.05) is 35.8 Å². The number of aromatic nitrogens is 2. The Morgan fingerprint density at radius 1 is 1.35 bits per heavy atom. The van der Waals surface area contributed by atoms with E-state index in [-0.39, 0.29) is 0 Å². The van der Waals surface area contributed by atoms with Crippen molar-refractivity contribution >= 4 is 27.7 Å². The number of methoxy groups -OCH3 is 1. The maximum Gasteiger partial charge on any atom is 0.116 e. The van der Waals surface area contributed by atoms with Gasteiger partial charge >= 0.3 is 0 Å². The smallest absolute Gasteiger partial charge is 0.116 e. The van der Waals surface area contributed by atoms with E-state index in [1.807, 2.05) is 6.07 Å². The topological polar surface area (TPSA) is 47.0 Å². The van der Waals surface area contributed by atoms with Gasteiger partial charge in [-0.05, 0) is 39.7 Å². The van der Waals surface area contributed by atoms with Gasteiger partial charge in [-0.3, -0.25) is 0 Å². The molecule has 0 amide bonds. The summed E-state index contributed by atoms with van der Waals surface area (Å²) in [7, 11) is 1.71. The molecule has 6 heteroatoms. The lowest BCUT2D eigenvalue weighted by Gasteiger charge is -2.08. The second-order valence-electron chi connectivity index (χ2n) is 4.08. The number of ether oxygens (including phenoxy) is 1. The fraction of sp³-hybridized carbons (Fsp3) is 0.286. The van der Waals surface area contributed by atoms with Crippen LogP contribution < -0.4 is 5.32 Å². The van der Waals surface area contributed by atoms with Crippen LogP contribution in [0.5, 0.6) is 0 Å². The highest BCUT2D eigenvalue weighted by Gasteiger charge is 2.04. The van der Waals surface area contributed by atoms with Crippen molar-refractivity contribution in [3.05, 3.63) is 46.8 Å².